The number of benzene rings is 5. The summed E-state index contributed by atoms with van der Waals surface area (Å²) >= 11 is 6.57. The van der Waals surface area contributed by atoms with E-state index in [0.29, 0.717) is 52.1 Å². The van der Waals surface area contributed by atoms with Crippen molar-refractivity contribution >= 4 is 38.5 Å². The van der Waals surface area contributed by atoms with E-state index in [9.17, 15) is 18.3 Å². The van der Waals surface area contributed by atoms with Crippen LogP contribution in [0.15, 0.2) is 114 Å². The minimum absolute atomic E-state index is 0.0510. The van der Waals surface area contributed by atoms with Gasteiger partial charge in [-0.2, -0.15) is 0 Å². The van der Waals surface area contributed by atoms with E-state index in [1.165, 1.54) is 34.3 Å². The average molecular weight is 652 g/mol. The number of aryl methyl sites for hydroxylation is 1. The number of carboxylic acids is 1. The lowest BCUT2D eigenvalue weighted by atomic mass is 9.87. The highest BCUT2D eigenvalue weighted by Crippen LogP contribution is 2.47. The van der Waals surface area contributed by atoms with Gasteiger partial charge in [0, 0.05) is 33.0 Å². The standard InChI is InChI=1S/C37H27ClFNO5S/c1-22-9-13-28(14-10-22)46(43,44)40-34-16-12-27(39)19-32(34)35(31-8-3-2-7-29(31)26-20-45-21-26)36(40)24-6-4-5-23(17-24)30-15-11-25(37(41)42)18-33(30)38/h2-19,26H,20-21H2,1H3,(H,41,42). The van der Waals surface area contributed by atoms with Crippen molar-refractivity contribution in [3.05, 3.63) is 137 Å². The maximum absolute atomic E-state index is 15.1. The van der Waals surface area contributed by atoms with Crippen LogP contribution in [-0.2, 0) is 14.8 Å². The minimum atomic E-state index is -4.21. The molecule has 0 radical (unpaired) electrons. The van der Waals surface area contributed by atoms with Gasteiger partial charge in [-0.25, -0.2) is 21.6 Å². The van der Waals surface area contributed by atoms with Crippen molar-refractivity contribution in [3.63, 3.8) is 0 Å². The molecule has 7 rings (SSSR count). The number of fused-ring (bicyclic) bond motifs is 1. The molecule has 0 amide bonds. The van der Waals surface area contributed by atoms with Crippen molar-refractivity contribution in [1.82, 2.24) is 3.97 Å². The van der Waals surface area contributed by atoms with Gasteiger partial charge in [0.05, 0.1) is 34.9 Å². The molecule has 0 unspecified atom stereocenters. The molecule has 1 saturated heterocycles. The molecule has 1 N–H and O–H groups in total. The quantitative estimate of drug-likeness (QED) is 0.186. The maximum Gasteiger partial charge on any atom is 0.335 e. The molecule has 2 heterocycles. The van der Waals surface area contributed by atoms with Gasteiger partial charge in [-0.15, -0.1) is 0 Å². The molecule has 0 bridgehead atoms. The second kappa shape index (κ2) is 11.6. The van der Waals surface area contributed by atoms with Crippen molar-refractivity contribution in [2.45, 2.75) is 17.7 Å². The topological polar surface area (TPSA) is 85.6 Å². The van der Waals surface area contributed by atoms with Crippen LogP contribution in [0.25, 0.3) is 44.4 Å². The third-order valence-corrected chi connectivity index (χ3v) is 10.5. The molecule has 1 aliphatic rings. The highest BCUT2D eigenvalue weighted by atomic mass is 35.5. The van der Waals surface area contributed by atoms with Gasteiger partial charge in [0.1, 0.15) is 5.82 Å². The Morgan fingerprint density at radius 1 is 0.870 bits per heavy atom. The number of halogens is 2. The van der Waals surface area contributed by atoms with Crippen LogP contribution in [0.4, 0.5) is 4.39 Å². The Morgan fingerprint density at radius 2 is 1.61 bits per heavy atom. The molecular weight excluding hydrogens is 625 g/mol. The predicted molar refractivity (Wildman–Crippen MR) is 177 cm³/mol. The number of nitrogens with zero attached hydrogens (tertiary/aromatic N) is 1. The molecule has 5 aromatic carbocycles. The molecule has 6 aromatic rings. The Balaban J connectivity index is 1.58. The Hall–Kier alpha value is -4.76. The fourth-order valence-electron chi connectivity index (χ4n) is 6.05. The summed E-state index contributed by atoms with van der Waals surface area (Å²) in [6, 6.07) is 30.3. The summed E-state index contributed by atoms with van der Waals surface area (Å²) in [7, 11) is -4.21. The normalized spacial score (nSPS) is 13.5. The number of aromatic carboxylic acids is 1. The molecule has 46 heavy (non-hydrogen) atoms. The fraction of sp³-hybridized carbons (Fsp3) is 0.108. The van der Waals surface area contributed by atoms with Crippen LogP contribution < -0.4 is 0 Å². The van der Waals surface area contributed by atoms with E-state index < -0.39 is 21.8 Å². The highest BCUT2D eigenvalue weighted by molar-refractivity contribution is 7.90. The first-order valence-corrected chi connectivity index (χ1v) is 16.4. The van der Waals surface area contributed by atoms with Crippen molar-refractivity contribution in [1.29, 1.82) is 0 Å². The molecule has 1 fully saturated rings. The summed E-state index contributed by atoms with van der Waals surface area (Å²) in [6.45, 7) is 2.94. The largest absolute Gasteiger partial charge is 0.478 e. The molecule has 1 aromatic heterocycles. The SMILES string of the molecule is Cc1ccc(S(=O)(=O)n2c(-c3cccc(-c4ccc(C(=O)O)cc4Cl)c3)c(-c3ccccc3C3COC3)c3cc(F)ccc32)cc1. The number of rotatable bonds is 7. The number of aromatic nitrogens is 1. The van der Waals surface area contributed by atoms with Crippen molar-refractivity contribution < 1.29 is 27.4 Å². The lowest BCUT2D eigenvalue weighted by Gasteiger charge is -2.28. The number of carbonyl (C=O) groups is 1. The monoisotopic (exact) mass is 651 g/mol. The van der Waals surface area contributed by atoms with E-state index in [1.807, 2.05) is 49.4 Å². The Labute approximate surface area is 270 Å². The van der Waals surface area contributed by atoms with Crippen LogP contribution in [-0.4, -0.2) is 36.7 Å². The third-order valence-electron chi connectivity index (χ3n) is 8.42. The highest BCUT2D eigenvalue weighted by Gasteiger charge is 2.32. The van der Waals surface area contributed by atoms with Gasteiger partial charge in [0.25, 0.3) is 10.0 Å². The van der Waals surface area contributed by atoms with Crippen molar-refractivity contribution in [2.24, 2.45) is 0 Å². The summed E-state index contributed by atoms with van der Waals surface area (Å²) in [5.74, 6) is -1.49. The van der Waals surface area contributed by atoms with Crippen molar-refractivity contribution in [3.8, 4) is 33.5 Å². The first kappa shape index (κ1) is 29.9. The fourth-order valence-corrected chi connectivity index (χ4v) is 7.88. The molecule has 9 heteroatoms. The van der Waals surface area contributed by atoms with Crippen LogP contribution >= 0.6 is 11.6 Å². The maximum atomic E-state index is 15.1. The zero-order chi connectivity index (χ0) is 32.2. The van der Waals surface area contributed by atoms with Crippen LogP contribution in [0, 0.1) is 12.7 Å². The molecule has 0 spiro atoms. The Bertz CT molecular complexity index is 2270. The molecule has 230 valence electrons. The minimum Gasteiger partial charge on any atom is -0.478 e. The first-order chi connectivity index (χ1) is 22.1. The second-order valence-corrected chi connectivity index (χ2v) is 13.6. The summed E-state index contributed by atoms with van der Waals surface area (Å²) in [5.41, 5.74) is 5.80. The van der Waals surface area contributed by atoms with Gasteiger partial charge < -0.3 is 9.84 Å². The van der Waals surface area contributed by atoms with E-state index in [1.54, 1.807) is 36.4 Å². The van der Waals surface area contributed by atoms with Crippen LogP contribution in [0.3, 0.4) is 0 Å². The van der Waals surface area contributed by atoms with Gasteiger partial charge in [-0.3, -0.25) is 0 Å². The molecule has 6 nitrogen and oxygen atoms in total. The second-order valence-electron chi connectivity index (χ2n) is 11.4. The molecule has 0 atom stereocenters. The Kier molecular flexibility index (Phi) is 7.51. The van der Waals surface area contributed by atoms with E-state index in [4.69, 9.17) is 16.3 Å². The van der Waals surface area contributed by atoms with E-state index in [-0.39, 0.29) is 21.4 Å². The van der Waals surface area contributed by atoms with E-state index >= 15 is 4.39 Å². The molecule has 0 saturated carbocycles. The molecule has 1 aliphatic heterocycles. The van der Waals surface area contributed by atoms with Gasteiger partial charge in [-0.1, -0.05) is 77.8 Å². The number of hydrogen-bond acceptors (Lipinski definition) is 4. The van der Waals surface area contributed by atoms with Gasteiger partial charge >= 0.3 is 5.97 Å². The zero-order valence-corrected chi connectivity index (χ0v) is 26.1. The predicted octanol–water partition coefficient (Wildman–Crippen LogP) is 8.79. The first-order valence-electron chi connectivity index (χ1n) is 14.6. The molecule has 0 aliphatic carbocycles. The van der Waals surface area contributed by atoms with Gasteiger partial charge in [0.2, 0.25) is 0 Å². The number of hydrogen-bond donors (Lipinski definition) is 1. The number of carboxylic acid groups (broad SMARTS) is 1. The summed E-state index contributed by atoms with van der Waals surface area (Å²) < 4.78 is 51.2. The van der Waals surface area contributed by atoms with Crippen LogP contribution in [0.5, 0.6) is 0 Å². The van der Waals surface area contributed by atoms with E-state index in [0.717, 1.165) is 16.7 Å². The average Bonchev–Trinajstić information content (AvgIpc) is 3.35. The van der Waals surface area contributed by atoms with E-state index in [2.05, 4.69) is 0 Å². The smallest absolute Gasteiger partial charge is 0.335 e. The van der Waals surface area contributed by atoms with Gasteiger partial charge in [-0.05, 0) is 72.1 Å². The zero-order valence-electron chi connectivity index (χ0n) is 24.6. The molecular formula is C37H27ClFNO5S. The van der Waals surface area contributed by atoms with Gasteiger partial charge in [0.15, 0.2) is 0 Å². The van der Waals surface area contributed by atoms with Crippen molar-refractivity contribution in [2.75, 3.05) is 13.2 Å². The third kappa shape index (κ3) is 5.08. The summed E-state index contributed by atoms with van der Waals surface area (Å²) in [6.07, 6.45) is 0. The van der Waals surface area contributed by atoms with Crippen LogP contribution in [0.2, 0.25) is 5.02 Å². The summed E-state index contributed by atoms with van der Waals surface area (Å²) in [5, 5.41) is 10.1. The lowest BCUT2D eigenvalue weighted by Crippen LogP contribution is -2.25. The lowest BCUT2D eigenvalue weighted by molar-refractivity contribution is 0.00864. The summed E-state index contributed by atoms with van der Waals surface area (Å²) in [4.78, 5) is 11.6. The number of ether oxygens (including phenoxy) is 1. The van der Waals surface area contributed by atoms with Crippen LogP contribution in [0.1, 0.15) is 27.4 Å². The Morgan fingerprint density at radius 3 is 2.30 bits per heavy atom.